The lowest BCUT2D eigenvalue weighted by Gasteiger charge is -2.44. The van der Waals surface area contributed by atoms with Crippen molar-refractivity contribution in [1.29, 1.82) is 0 Å². The van der Waals surface area contributed by atoms with Crippen LogP contribution in [0.25, 0.3) is 0 Å². The van der Waals surface area contributed by atoms with Crippen molar-refractivity contribution < 1.29 is 14.3 Å². The highest BCUT2D eigenvalue weighted by Crippen LogP contribution is 2.59. The lowest BCUT2D eigenvalue weighted by atomic mass is 9.61. The summed E-state index contributed by atoms with van der Waals surface area (Å²) in [5, 5.41) is 20.2. The quantitative estimate of drug-likeness (QED) is 0.496. The Labute approximate surface area is 189 Å². The molecule has 0 bridgehead atoms. The Morgan fingerprint density at radius 1 is 1.17 bits per heavy atom. The molecule has 3 aliphatic carbocycles. The third-order valence-electron chi connectivity index (χ3n) is 8.28. The fraction of sp³-hybridized carbons (Fsp3) is 0.714. The van der Waals surface area contributed by atoms with Gasteiger partial charge in [-0.3, -0.25) is 0 Å². The standard InChI is InChI=1S/C28H44O2/c1-18(2)19(3)9-10-20(4)25-13-14-26-22(8-7-15-28(25,26)6)11-12-23-16-24(29)17-27(30)21(23)5/h9-12,18-20,24-27,29-30H,5,7-8,13-17H2,1-4,6H3/t19-,20+,24+,25+,26-,27-,28+/m0/s1/i3D3. The van der Waals surface area contributed by atoms with Crippen molar-refractivity contribution in [2.45, 2.75) is 91.7 Å². The lowest BCUT2D eigenvalue weighted by Crippen LogP contribution is -2.35. The summed E-state index contributed by atoms with van der Waals surface area (Å²) < 4.78 is 23.7. The summed E-state index contributed by atoms with van der Waals surface area (Å²) in [7, 11) is 0. The molecule has 0 aromatic heterocycles. The summed E-state index contributed by atoms with van der Waals surface area (Å²) in [6.45, 7) is 10.8. The maximum absolute atomic E-state index is 10.2. The Bertz CT molecular complexity index is 806. The van der Waals surface area contributed by atoms with Crippen molar-refractivity contribution in [3.8, 4) is 0 Å². The molecule has 0 radical (unpaired) electrons. The molecule has 3 fully saturated rings. The molecule has 0 amide bonds. The van der Waals surface area contributed by atoms with Crippen LogP contribution in [0.1, 0.15) is 83.6 Å². The van der Waals surface area contributed by atoms with Crippen LogP contribution in [-0.2, 0) is 0 Å². The Morgan fingerprint density at radius 2 is 1.93 bits per heavy atom. The summed E-state index contributed by atoms with van der Waals surface area (Å²) in [6.07, 6.45) is 14.1. The smallest absolute Gasteiger partial charge is 0.0811 e. The Kier molecular flexibility index (Phi) is 6.24. The minimum atomic E-state index is -1.95. The second-order valence-electron chi connectivity index (χ2n) is 10.7. The SMILES string of the molecule is [2H]C([2H])([2H])[C@@H](C=C[C@@H](C)[C@H]1CC[C@H]2C(=CC=C3C[C@@H](O)C[C@H](O)C3=C)CCC[C@]12C)C(C)C. The van der Waals surface area contributed by atoms with Gasteiger partial charge in [0.05, 0.1) is 12.2 Å². The van der Waals surface area contributed by atoms with Gasteiger partial charge in [0.2, 0.25) is 0 Å². The molecule has 0 unspecified atom stereocenters. The molecular weight excluding hydrogens is 368 g/mol. The van der Waals surface area contributed by atoms with E-state index in [0.29, 0.717) is 30.6 Å². The van der Waals surface area contributed by atoms with Gasteiger partial charge in [-0.05, 0) is 84.7 Å². The van der Waals surface area contributed by atoms with E-state index in [1.807, 2.05) is 19.9 Å². The Balaban J connectivity index is 1.78. The normalized spacial score (nSPS) is 41.7. The molecule has 2 heteroatoms. The highest BCUT2D eigenvalue weighted by Gasteiger charge is 2.50. The first kappa shape index (κ1) is 19.6. The van der Waals surface area contributed by atoms with E-state index in [2.05, 4.69) is 38.7 Å². The number of fused-ring (bicyclic) bond motifs is 1. The van der Waals surface area contributed by atoms with E-state index in [-0.39, 0.29) is 11.3 Å². The lowest BCUT2D eigenvalue weighted by molar-refractivity contribution is 0.0862. The van der Waals surface area contributed by atoms with Crippen molar-refractivity contribution in [1.82, 2.24) is 0 Å². The van der Waals surface area contributed by atoms with Crippen molar-refractivity contribution in [3.05, 3.63) is 47.6 Å². The first-order valence-corrected chi connectivity index (χ1v) is 12.0. The van der Waals surface area contributed by atoms with E-state index >= 15 is 0 Å². The summed E-state index contributed by atoms with van der Waals surface area (Å²) >= 11 is 0. The summed E-state index contributed by atoms with van der Waals surface area (Å²) in [5.74, 6) is 1.14. The molecule has 7 atom stereocenters. The molecule has 3 aliphatic rings. The minimum absolute atomic E-state index is 0.0942. The van der Waals surface area contributed by atoms with Crippen LogP contribution in [0.15, 0.2) is 47.6 Å². The zero-order valence-electron chi connectivity index (χ0n) is 22.4. The van der Waals surface area contributed by atoms with Gasteiger partial charge in [-0.15, -0.1) is 0 Å². The van der Waals surface area contributed by atoms with Crippen LogP contribution in [0.5, 0.6) is 0 Å². The summed E-state index contributed by atoms with van der Waals surface area (Å²) in [6, 6.07) is 0. The van der Waals surface area contributed by atoms with Crippen molar-refractivity contribution in [3.63, 3.8) is 0 Å². The van der Waals surface area contributed by atoms with Gasteiger partial charge < -0.3 is 10.2 Å². The van der Waals surface area contributed by atoms with Crippen LogP contribution in [0.4, 0.5) is 0 Å². The molecule has 3 rings (SSSR count). The molecule has 0 aromatic rings. The largest absolute Gasteiger partial charge is 0.393 e. The Hall–Kier alpha value is -1.12. The molecule has 168 valence electrons. The van der Waals surface area contributed by atoms with Gasteiger partial charge >= 0.3 is 0 Å². The van der Waals surface area contributed by atoms with Crippen LogP contribution in [-0.4, -0.2) is 22.4 Å². The van der Waals surface area contributed by atoms with E-state index in [1.165, 1.54) is 31.3 Å². The molecule has 2 N–H and O–H groups in total. The van der Waals surface area contributed by atoms with Crippen LogP contribution in [0.3, 0.4) is 0 Å². The summed E-state index contributed by atoms with van der Waals surface area (Å²) in [5.41, 5.74) is 3.42. The van der Waals surface area contributed by atoms with E-state index in [1.54, 1.807) is 0 Å². The zero-order valence-corrected chi connectivity index (χ0v) is 19.4. The number of hydrogen-bond donors (Lipinski definition) is 2. The highest BCUT2D eigenvalue weighted by atomic mass is 16.3. The third kappa shape index (κ3) is 4.86. The maximum atomic E-state index is 10.2. The van der Waals surface area contributed by atoms with Crippen molar-refractivity contribution in [2.75, 3.05) is 0 Å². The molecular formula is C28H44O2. The van der Waals surface area contributed by atoms with Gasteiger partial charge in [0.25, 0.3) is 0 Å². The van der Waals surface area contributed by atoms with Crippen LogP contribution >= 0.6 is 0 Å². The number of rotatable bonds is 5. The first-order chi connectivity index (χ1) is 15.3. The van der Waals surface area contributed by atoms with E-state index < -0.39 is 25.0 Å². The van der Waals surface area contributed by atoms with Crippen LogP contribution in [0, 0.1) is 35.0 Å². The van der Waals surface area contributed by atoms with Gasteiger partial charge in [0.1, 0.15) is 0 Å². The van der Waals surface area contributed by atoms with E-state index in [9.17, 15) is 10.2 Å². The molecule has 0 aromatic carbocycles. The molecule has 0 saturated heterocycles. The second kappa shape index (κ2) is 9.57. The van der Waals surface area contributed by atoms with E-state index in [4.69, 9.17) is 4.11 Å². The maximum Gasteiger partial charge on any atom is 0.0811 e. The monoisotopic (exact) mass is 415 g/mol. The minimum Gasteiger partial charge on any atom is -0.393 e. The van der Waals surface area contributed by atoms with Gasteiger partial charge in [-0.1, -0.05) is 71.0 Å². The summed E-state index contributed by atoms with van der Waals surface area (Å²) in [4.78, 5) is 0. The fourth-order valence-corrected chi connectivity index (χ4v) is 6.26. The van der Waals surface area contributed by atoms with E-state index in [0.717, 1.165) is 17.6 Å². The number of hydrogen-bond acceptors (Lipinski definition) is 2. The number of aliphatic hydroxyl groups excluding tert-OH is 2. The van der Waals surface area contributed by atoms with Crippen molar-refractivity contribution in [2.24, 2.45) is 35.0 Å². The van der Waals surface area contributed by atoms with Crippen molar-refractivity contribution >= 4 is 0 Å². The van der Waals surface area contributed by atoms with Crippen LogP contribution < -0.4 is 0 Å². The number of allylic oxidation sites excluding steroid dienone is 5. The average molecular weight is 416 g/mol. The fourth-order valence-electron chi connectivity index (χ4n) is 6.26. The highest BCUT2D eigenvalue weighted by molar-refractivity contribution is 5.38. The molecule has 3 saturated carbocycles. The number of aliphatic hydroxyl groups is 2. The van der Waals surface area contributed by atoms with Gasteiger partial charge in [0.15, 0.2) is 0 Å². The Morgan fingerprint density at radius 3 is 2.63 bits per heavy atom. The van der Waals surface area contributed by atoms with Gasteiger partial charge in [-0.25, -0.2) is 0 Å². The predicted molar refractivity (Wildman–Crippen MR) is 127 cm³/mol. The molecule has 0 heterocycles. The molecule has 2 nitrogen and oxygen atoms in total. The second-order valence-corrected chi connectivity index (χ2v) is 10.7. The average Bonchev–Trinajstić information content (AvgIpc) is 3.05. The predicted octanol–water partition coefficient (Wildman–Crippen LogP) is 6.61. The molecule has 30 heavy (non-hydrogen) atoms. The van der Waals surface area contributed by atoms with Crippen LogP contribution in [0.2, 0.25) is 0 Å². The zero-order chi connectivity index (χ0) is 24.6. The first-order valence-electron chi connectivity index (χ1n) is 13.5. The third-order valence-corrected chi connectivity index (χ3v) is 8.28. The molecule has 0 spiro atoms. The van der Waals surface area contributed by atoms with Gasteiger partial charge in [0, 0.05) is 10.5 Å². The molecule has 0 aliphatic heterocycles. The topological polar surface area (TPSA) is 40.5 Å². The van der Waals surface area contributed by atoms with Gasteiger partial charge in [-0.2, -0.15) is 0 Å².